The summed E-state index contributed by atoms with van der Waals surface area (Å²) in [5, 5.41) is 0. The highest BCUT2D eigenvalue weighted by Gasteiger charge is 1.97. The van der Waals surface area contributed by atoms with Gasteiger partial charge in [-0.1, -0.05) is 97.6 Å². The third kappa shape index (κ3) is 16.3. The number of hydrogen-bond acceptors (Lipinski definition) is 1. The first-order valence-corrected chi connectivity index (χ1v) is 10.8. The van der Waals surface area contributed by atoms with Crippen molar-refractivity contribution in [1.82, 2.24) is 0 Å². The molecule has 0 fully saturated rings. The lowest BCUT2D eigenvalue weighted by molar-refractivity contribution is 0.772. The fourth-order valence-corrected chi connectivity index (χ4v) is 2.05. The lowest BCUT2D eigenvalue weighted by Gasteiger charge is -2.04. The normalized spacial score (nSPS) is 11.1. The molecule has 0 aliphatic rings. The molecule has 0 radical (unpaired) electrons. The minimum absolute atomic E-state index is 0.985. The van der Waals surface area contributed by atoms with Crippen LogP contribution in [0.25, 0.3) is 5.57 Å². The molecular weight excluding hydrogens is 326 g/mol. The lowest BCUT2D eigenvalue weighted by Crippen LogP contribution is -1.90. The van der Waals surface area contributed by atoms with Gasteiger partial charge in [0.2, 0.25) is 0 Å². The van der Waals surface area contributed by atoms with Gasteiger partial charge in [0.1, 0.15) is 0 Å². The summed E-state index contributed by atoms with van der Waals surface area (Å²) < 4.78 is 0. The van der Waals surface area contributed by atoms with Gasteiger partial charge in [0.15, 0.2) is 0 Å². The minimum Gasteiger partial charge on any atom is -0.261 e. The molecule has 154 valence electrons. The summed E-state index contributed by atoms with van der Waals surface area (Å²) in [6, 6.07) is 8.81. The highest BCUT2D eigenvalue weighted by molar-refractivity contribution is 5.97. The van der Waals surface area contributed by atoms with Crippen LogP contribution in [-0.4, -0.2) is 5.71 Å². The van der Waals surface area contributed by atoms with Gasteiger partial charge in [-0.2, -0.15) is 0 Å². The zero-order valence-corrected chi connectivity index (χ0v) is 19.5. The molecule has 0 aliphatic heterocycles. The zero-order chi connectivity index (χ0) is 21.1. The summed E-state index contributed by atoms with van der Waals surface area (Å²) in [6.07, 6.45) is 10.9. The summed E-state index contributed by atoms with van der Waals surface area (Å²) in [4.78, 5) is 4.43. The van der Waals surface area contributed by atoms with Crippen molar-refractivity contribution < 1.29 is 0 Å². The van der Waals surface area contributed by atoms with E-state index in [0.717, 1.165) is 11.3 Å². The number of allylic oxidation sites excluding steroid dienone is 2. The van der Waals surface area contributed by atoms with E-state index in [2.05, 4.69) is 77.4 Å². The SMILES string of the molecule is C=C(C)C(C)=N/C=C(\C)c1ccc(CCCC)cc1.CCC.CCCCC. The summed E-state index contributed by atoms with van der Waals surface area (Å²) in [7, 11) is 0. The van der Waals surface area contributed by atoms with Crippen molar-refractivity contribution in [1.29, 1.82) is 0 Å². The predicted octanol–water partition coefficient (Wildman–Crippen LogP) is 9.04. The molecule has 1 nitrogen and oxygen atoms in total. The topological polar surface area (TPSA) is 12.4 Å². The Morgan fingerprint density at radius 1 is 0.852 bits per heavy atom. The monoisotopic (exact) mass is 371 g/mol. The molecule has 0 bridgehead atoms. The van der Waals surface area contributed by atoms with Gasteiger partial charge in [-0.25, -0.2) is 0 Å². The maximum absolute atomic E-state index is 4.43. The summed E-state index contributed by atoms with van der Waals surface area (Å²) in [5.41, 5.74) is 5.83. The van der Waals surface area contributed by atoms with Crippen LogP contribution in [0.1, 0.15) is 105 Å². The Kier molecular flexibility index (Phi) is 19.6. The van der Waals surface area contributed by atoms with Gasteiger partial charge in [0.25, 0.3) is 0 Å². The first kappa shape index (κ1) is 27.6. The van der Waals surface area contributed by atoms with E-state index in [1.165, 1.54) is 61.6 Å². The third-order valence-electron chi connectivity index (χ3n) is 4.00. The van der Waals surface area contributed by atoms with Gasteiger partial charge in [-0.05, 0) is 55.9 Å². The molecule has 0 N–H and O–H groups in total. The van der Waals surface area contributed by atoms with E-state index < -0.39 is 0 Å². The zero-order valence-electron chi connectivity index (χ0n) is 19.5. The van der Waals surface area contributed by atoms with Crippen molar-refractivity contribution in [3.05, 3.63) is 53.7 Å². The third-order valence-corrected chi connectivity index (χ3v) is 4.00. The number of rotatable bonds is 8. The molecule has 1 aromatic rings. The molecule has 0 atom stereocenters. The smallest absolute Gasteiger partial charge is 0.0395 e. The first-order valence-electron chi connectivity index (χ1n) is 10.8. The van der Waals surface area contributed by atoms with Crippen LogP contribution in [0, 0.1) is 0 Å². The Hall–Kier alpha value is -1.63. The van der Waals surface area contributed by atoms with Crippen LogP contribution in [0.5, 0.6) is 0 Å². The highest BCUT2D eigenvalue weighted by atomic mass is 14.7. The molecule has 1 rings (SSSR count). The molecule has 0 amide bonds. The van der Waals surface area contributed by atoms with E-state index >= 15 is 0 Å². The van der Waals surface area contributed by atoms with Crippen LogP contribution in [-0.2, 0) is 6.42 Å². The van der Waals surface area contributed by atoms with Crippen LogP contribution in [0.2, 0.25) is 0 Å². The highest BCUT2D eigenvalue weighted by Crippen LogP contribution is 2.16. The average molecular weight is 372 g/mol. The molecule has 0 spiro atoms. The molecular formula is C26H45N. The lowest BCUT2D eigenvalue weighted by atomic mass is 10.0. The molecule has 0 aliphatic carbocycles. The molecule has 0 saturated heterocycles. The Morgan fingerprint density at radius 2 is 1.33 bits per heavy atom. The molecule has 0 heterocycles. The van der Waals surface area contributed by atoms with E-state index in [9.17, 15) is 0 Å². The van der Waals surface area contributed by atoms with Crippen molar-refractivity contribution in [2.75, 3.05) is 0 Å². The van der Waals surface area contributed by atoms with E-state index in [1.54, 1.807) is 0 Å². The Labute approximate surface area is 170 Å². The summed E-state index contributed by atoms with van der Waals surface area (Å²) >= 11 is 0. The molecule has 1 heteroatoms. The van der Waals surface area contributed by atoms with Crippen LogP contribution in [0.15, 0.2) is 47.6 Å². The number of aryl methyl sites for hydroxylation is 1. The Bertz CT molecular complexity index is 530. The van der Waals surface area contributed by atoms with E-state index in [4.69, 9.17) is 0 Å². The van der Waals surface area contributed by atoms with Crippen LogP contribution in [0.4, 0.5) is 0 Å². The summed E-state index contributed by atoms with van der Waals surface area (Å²) in [6.45, 7) is 20.8. The van der Waals surface area contributed by atoms with Crippen molar-refractivity contribution in [2.45, 2.75) is 100 Å². The second kappa shape index (κ2) is 19.1. The quantitative estimate of drug-likeness (QED) is 0.404. The van der Waals surface area contributed by atoms with Gasteiger partial charge >= 0.3 is 0 Å². The van der Waals surface area contributed by atoms with E-state index in [-0.39, 0.29) is 0 Å². The second-order valence-electron chi connectivity index (χ2n) is 7.17. The van der Waals surface area contributed by atoms with Crippen LogP contribution in [0.3, 0.4) is 0 Å². The average Bonchev–Trinajstić information content (AvgIpc) is 2.66. The maximum atomic E-state index is 4.43. The Morgan fingerprint density at radius 3 is 1.70 bits per heavy atom. The molecule has 0 aromatic heterocycles. The number of aliphatic imine (C=N–C) groups is 1. The van der Waals surface area contributed by atoms with Gasteiger partial charge < -0.3 is 0 Å². The van der Waals surface area contributed by atoms with E-state index in [1.807, 2.05) is 20.0 Å². The molecule has 1 aromatic carbocycles. The van der Waals surface area contributed by atoms with Gasteiger partial charge in [0.05, 0.1) is 0 Å². The largest absolute Gasteiger partial charge is 0.261 e. The van der Waals surface area contributed by atoms with Crippen molar-refractivity contribution in [3.8, 4) is 0 Å². The van der Waals surface area contributed by atoms with E-state index in [0.29, 0.717) is 0 Å². The predicted molar refractivity (Wildman–Crippen MR) is 128 cm³/mol. The maximum Gasteiger partial charge on any atom is 0.0395 e. The number of unbranched alkanes of at least 4 members (excludes halogenated alkanes) is 3. The van der Waals surface area contributed by atoms with Crippen molar-refractivity contribution in [2.24, 2.45) is 4.99 Å². The fraction of sp³-hybridized carbons (Fsp3) is 0.577. The van der Waals surface area contributed by atoms with Crippen LogP contribution < -0.4 is 0 Å². The standard InChI is InChI=1S/C18H25N.C5H12.C3H8/c1-6-7-8-17-9-11-18(12-10-17)15(4)13-19-16(5)14(2)3;1-3-5-4-2;1-3-2/h9-13H,2,6-8H2,1,3-5H3;3-5H2,1-2H3;3H2,1-2H3/b15-13+,19-16?;;. The molecule has 0 unspecified atom stereocenters. The van der Waals surface area contributed by atoms with Gasteiger partial charge in [-0.15, -0.1) is 0 Å². The Balaban J connectivity index is 0. The van der Waals surface area contributed by atoms with Crippen molar-refractivity contribution >= 4 is 11.3 Å². The van der Waals surface area contributed by atoms with Gasteiger partial charge in [0, 0.05) is 11.9 Å². The first-order chi connectivity index (χ1) is 12.9. The fourth-order valence-electron chi connectivity index (χ4n) is 2.05. The minimum atomic E-state index is 0.985. The van der Waals surface area contributed by atoms with Gasteiger partial charge in [-0.3, -0.25) is 4.99 Å². The molecule has 0 saturated carbocycles. The number of hydrogen-bond donors (Lipinski definition) is 0. The molecule has 27 heavy (non-hydrogen) atoms. The number of benzene rings is 1. The number of nitrogens with zero attached hydrogens (tertiary/aromatic N) is 1. The second-order valence-corrected chi connectivity index (χ2v) is 7.17. The van der Waals surface area contributed by atoms with Crippen LogP contribution >= 0.6 is 0 Å². The van der Waals surface area contributed by atoms with Crippen molar-refractivity contribution in [3.63, 3.8) is 0 Å². The summed E-state index contributed by atoms with van der Waals surface area (Å²) in [5.74, 6) is 0.